The third-order valence-corrected chi connectivity index (χ3v) is 4.71. The fourth-order valence-electron chi connectivity index (χ4n) is 2.46. The van der Waals surface area contributed by atoms with E-state index in [0.29, 0.717) is 22.4 Å². The predicted molar refractivity (Wildman–Crippen MR) is 97.7 cm³/mol. The van der Waals surface area contributed by atoms with Crippen LogP contribution < -0.4 is 10.6 Å². The van der Waals surface area contributed by atoms with Crippen LogP contribution in [0.4, 0.5) is 15.2 Å². The standard InChI is InChI=1S/C19H16FN3OS/c20-15-6-1-2-7-16(15)22-19-23-17(11-25-19)12-4-3-5-13(10-12)18(24)21-14-8-9-14/h1-7,10-11,14H,8-9H2,(H,21,24)(H,22,23). The van der Waals surface area contributed by atoms with E-state index >= 15 is 0 Å². The molecule has 1 aliphatic rings. The first-order valence-electron chi connectivity index (χ1n) is 8.07. The molecule has 0 aliphatic heterocycles. The number of carbonyl (C=O) groups is 1. The Bertz CT molecular complexity index is 920. The molecule has 25 heavy (non-hydrogen) atoms. The lowest BCUT2D eigenvalue weighted by atomic mass is 10.1. The van der Waals surface area contributed by atoms with Gasteiger partial charge in [0.1, 0.15) is 5.82 Å². The van der Waals surface area contributed by atoms with E-state index in [-0.39, 0.29) is 11.7 Å². The van der Waals surface area contributed by atoms with Crippen LogP contribution in [0.15, 0.2) is 53.9 Å². The topological polar surface area (TPSA) is 54.0 Å². The highest BCUT2D eigenvalue weighted by Crippen LogP contribution is 2.28. The van der Waals surface area contributed by atoms with Crippen molar-refractivity contribution in [3.05, 3.63) is 65.3 Å². The summed E-state index contributed by atoms with van der Waals surface area (Å²) < 4.78 is 13.7. The van der Waals surface area contributed by atoms with Crippen molar-refractivity contribution in [2.24, 2.45) is 0 Å². The minimum absolute atomic E-state index is 0.0516. The van der Waals surface area contributed by atoms with Crippen LogP contribution in [0.5, 0.6) is 0 Å². The zero-order valence-electron chi connectivity index (χ0n) is 13.3. The molecule has 4 rings (SSSR count). The Morgan fingerprint density at radius 2 is 2.00 bits per heavy atom. The van der Waals surface area contributed by atoms with Crippen LogP contribution in [0.25, 0.3) is 11.3 Å². The van der Waals surface area contributed by atoms with E-state index in [0.717, 1.165) is 24.1 Å². The van der Waals surface area contributed by atoms with Gasteiger partial charge in [-0.3, -0.25) is 4.79 Å². The second kappa shape index (κ2) is 6.64. The normalized spacial score (nSPS) is 13.5. The zero-order chi connectivity index (χ0) is 17.2. The van der Waals surface area contributed by atoms with Crippen LogP contribution in [-0.2, 0) is 0 Å². The zero-order valence-corrected chi connectivity index (χ0v) is 14.1. The Labute approximate surface area is 148 Å². The Kier molecular flexibility index (Phi) is 4.19. The van der Waals surface area contributed by atoms with E-state index in [4.69, 9.17) is 0 Å². The summed E-state index contributed by atoms with van der Waals surface area (Å²) in [5.41, 5.74) is 2.63. The number of benzene rings is 2. The maximum absolute atomic E-state index is 13.7. The first kappa shape index (κ1) is 15.8. The maximum Gasteiger partial charge on any atom is 0.251 e. The van der Waals surface area contributed by atoms with E-state index in [1.54, 1.807) is 24.3 Å². The first-order valence-corrected chi connectivity index (χ1v) is 8.95. The highest BCUT2D eigenvalue weighted by molar-refractivity contribution is 7.14. The molecule has 2 N–H and O–H groups in total. The molecule has 1 heterocycles. The molecule has 1 aromatic heterocycles. The lowest BCUT2D eigenvalue weighted by Gasteiger charge is -2.05. The number of nitrogens with zero attached hydrogens (tertiary/aromatic N) is 1. The van der Waals surface area contributed by atoms with Gasteiger partial charge in [-0.05, 0) is 37.1 Å². The third kappa shape index (κ3) is 3.69. The number of rotatable bonds is 5. The van der Waals surface area contributed by atoms with Gasteiger partial charge >= 0.3 is 0 Å². The molecule has 0 unspecified atom stereocenters. The molecule has 3 aromatic rings. The molecule has 1 fully saturated rings. The number of thiazole rings is 1. The van der Waals surface area contributed by atoms with Crippen molar-refractivity contribution in [3.8, 4) is 11.3 Å². The van der Waals surface area contributed by atoms with Crippen LogP contribution in [0.1, 0.15) is 23.2 Å². The summed E-state index contributed by atoms with van der Waals surface area (Å²) in [6, 6.07) is 14.2. The van der Waals surface area contributed by atoms with Crippen molar-refractivity contribution in [1.82, 2.24) is 10.3 Å². The lowest BCUT2D eigenvalue weighted by Crippen LogP contribution is -2.25. The van der Waals surface area contributed by atoms with Crippen molar-refractivity contribution >= 4 is 28.1 Å². The molecule has 1 aliphatic carbocycles. The SMILES string of the molecule is O=C(NC1CC1)c1cccc(-c2csc(Nc3ccccc3F)n2)c1. The van der Waals surface area contributed by atoms with Gasteiger partial charge in [-0.1, -0.05) is 24.3 Å². The molecule has 2 aromatic carbocycles. The summed E-state index contributed by atoms with van der Waals surface area (Å²) in [5, 5.41) is 8.46. The monoisotopic (exact) mass is 353 g/mol. The lowest BCUT2D eigenvalue weighted by molar-refractivity contribution is 0.0951. The molecule has 0 atom stereocenters. The number of amides is 1. The molecule has 0 radical (unpaired) electrons. The van der Waals surface area contributed by atoms with Crippen LogP contribution in [-0.4, -0.2) is 16.9 Å². The number of para-hydroxylation sites is 1. The number of halogens is 1. The number of hydrogen-bond donors (Lipinski definition) is 2. The molecule has 4 nitrogen and oxygen atoms in total. The Morgan fingerprint density at radius 1 is 1.16 bits per heavy atom. The van der Waals surface area contributed by atoms with Crippen LogP contribution in [0, 0.1) is 5.82 Å². The highest BCUT2D eigenvalue weighted by atomic mass is 32.1. The largest absolute Gasteiger partial charge is 0.349 e. The number of hydrogen-bond acceptors (Lipinski definition) is 4. The van der Waals surface area contributed by atoms with Crippen molar-refractivity contribution in [3.63, 3.8) is 0 Å². The van der Waals surface area contributed by atoms with Gasteiger partial charge in [-0.25, -0.2) is 9.37 Å². The Balaban J connectivity index is 1.53. The van der Waals surface area contributed by atoms with Crippen molar-refractivity contribution in [2.45, 2.75) is 18.9 Å². The second-order valence-electron chi connectivity index (χ2n) is 5.97. The quantitative estimate of drug-likeness (QED) is 0.706. The van der Waals surface area contributed by atoms with Crippen LogP contribution in [0.2, 0.25) is 0 Å². The summed E-state index contributed by atoms with van der Waals surface area (Å²) in [4.78, 5) is 16.7. The average Bonchev–Trinajstić information content (AvgIpc) is 3.32. The number of aromatic nitrogens is 1. The minimum atomic E-state index is -0.321. The molecule has 1 saturated carbocycles. The Morgan fingerprint density at radius 3 is 2.80 bits per heavy atom. The molecule has 0 saturated heterocycles. The molecule has 0 spiro atoms. The van der Waals surface area contributed by atoms with Gasteiger partial charge in [0.15, 0.2) is 5.13 Å². The first-order chi connectivity index (χ1) is 12.2. The summed E-state index contributed by atoms with van der Waals surface area (Å²) >= 11 is 1.39. The van der Waals surface area contributed by atoms with Crippen molar-refractivity contribution < 1.29 is 9.18 Å². The number of anilines is 2. The number of nitrogens with one attached hydrogen (secondary N) is 2. The summed E-state index contributed by atoms with van der Waals surface area (Å²) in [5.74, 6) is -0.373. The van der Waals surface area contributed by atoms with Gasteiger partial charge in [0, 0.05) is 22.5 Å². The van der Waals surface area contributed by atoms with Gasteiger partial charge in [-0.2, -0.15) is 0 Å². The third-order valence-electron chi connectivity index (χ3n) is 3.95. The van der Waals surface area contributed by atoms with E-state index in [1.165, 1.54) is 17.4 Å². The molecule has 1 amide bonds. The van der Waals surface area contributed by atoms with Crippen molar-refractivity contribution in [2.75, 3.05) is 5.32 Å². The summed E-state index contributed by atoms with van der Waals surface area (Å²) in [7, 11) is 0. The average molecular weight is 353 g/mol. The second-order valence-corrected chi connectivity index (χ2v) is 6.83. The maximum atomic E-state index is 13.7. The smallest absolute Gasteiger partial charge is 0.251 e. The van der Waals surface area contributed by atoms with Gasteiger partial charge < -0.3 is 10.6 Å². The van der Waals surface area contributed by atoms with Crippen molar-refractivity contribution in [1.29, 1.82) is 0 Å². The van der Waals surface area contributed by atoms with Gasteiger partial charge in [0.25, 0.3) is 5.91 Å². The summed E-state index contributed by atoms with van der Waals surface area (Å²) in [6.45, 7) is 0. The van der Waals surface area contributed by atoms with Crippen LogP contribution >= 0.6 is 11.3 Å². The molecular formula is C19H16FN3OS. The fourth-order valence-corrected chi connectivity index (χ4v) is 3.19. The van der Waals surface area contributed by atoms with Crippen LogP contribution in [0.3, 0.4) is 0 Å². The van der Waals surface area contributed by atoms with E-state index < -0.39 is 0 Å². The van der Waals surface area contributed by atoms with Gasteiger partial charge in [0.05, 0.1) is 11.4 Å². The Hall–Kier alpha value is -2.73. The molecule has 6 heteroatoms. The van der Waals surface area contributed by atoms with E-state index in [2.05, 4.69) is 15.6 Å². The summed E-state index contributed by atoms with van der Waals surface area (Å²) in [6.07, 6.45) is 2.12. The minimum Gasteiger partial charge on any atom is -0.349 e. The molecular weight excluding hydrogens is 337 g/mol. The van der Waals surface area contributed by atoms with E-state index in [9.17, 15) is 9.18 Å². The fraction of sp³-hybridized carbons (Fsp3) is 0.158. The van der Waals surface area contributed by atoms with E-state index in [1.807, 2.05) is 23.6 Å². The number of carbonyl (C=O) groups excluding carboxylic acids is 1. The molecule has 126 valence electrons. The van der Waals surface area contributed by atoms with Gasteiger partial charge in [-0.15, -0.1) is 11.3 Å². The van der Waals surface area contributed by atoms with Gasteiger partial charge in [0.2, 0.25) is 0 Å². The predicted octanol–water partition coefficient (Wildman–Crippen LogP) is 4.59. The highest BCUT2D eigenvalue weighted by Gasteiger charge is 2.23. The molecule has 0 bridgehead atoms.